The summed E-state index contributed by atoms with van der Waals surface area (Å²) in [6.07, 6.45) is 0.390. The number of carbonyl (C=O) groups excluding carboxylic acids is 1. The molecule has 0 saturated carbocycles. The molecule has 0 fully saturated rings. The second kappa shape index (κ2) is 5.64. The number of carbonyl (C=O) groups is 1. The summed E-state index contributed by atoms with van der Waals surface area (Å²) in [5, 5.41) is 5.21. The highest BCUT2D eigenvalue weighted by Gasteiger charge is 2.05. The second-order valence-electron chi connectivity index (χ2n) is 4.12. The van der Waals surface area contributed by atoms with Crippen molar-refractivity contribution in [2.45, 2.75) is 19.9 Å². The summed E-state index contributed by atoms with van der Waals surface area (Å²) in [4.78, 5) is 15.8. The normalized spacial score (nSPS) is 10.3. The van der Waals surface area contributed by atoms with E-state index in [-0.39, 0.29) is 5.91 Å². The van der Waals surface area contributed by atoms with Crippen LogP contribution in [0.15, 0.2) is 29.6 Å². The minimum Gasteiger partial charge on any atom is -0.375 e. The molecule has 0 saturated heterocycles. The van der Waals surface area contributed by atoms with Gasteiger partial charge in [0, 0.05) is 5.38 Å². The molecule has 4 nitrogen and oxygen atoms in total. The monoisotopic (exact) mass is 261 g/mol. The van der Waals surface area contributed by atoms with Crippen LogP contribution in [-0.2, 0) is 17.8 Å². The highest BCUT2D eigenvalue weighted by molar-refractivity contribution is 7.13. The Balaban J connectivity index is 1.85. The van der Waals surface area contributed by atoms with E-state index in [1.54, 1.807) is 0 Å². The smallest absolute Gasteiger partial charge is 0.224 e. The number of aryl methyl sites for hydroxylation is 1. The number of nitrogens with one attached hydrogen (secondary N) is 1. The molecule has 1 amide bonds. The Hall–Kier alpha value is -1.88. The number of thiazole rings is 1. The Morgan fingerprint density at radius 2 is 2.33 bits per heavy atom. The minimum absolute atomic E-state index is 0.00725. The van der Waals surface area contributed by atoms with Gasteiger partial charge in [0.15, 0.2) is 5.13 Å². The van der Waals surface area contributed by atoms with Crippen LogP contribution in [0.1, 0.15) is 16.8 Å². The van der Waals surface area contributed by atoms with E-state index < -0.39 is 0 Å². The van der Waals surface area contributed by atoms with Gasteiger partial charge in [-0.3, -0.25) is 4.79 Å². The molecule has 0 unspecified atom stereocenters. The molecule has 2 rings (SSSR count). The lowest BCUT2D eigenvalue weighted by Gasteiger charge is -2.04. The van der Waals surface area contributed by atoms with Crippen molar-refractivity contribution in [3.63, 3.8) is 0 Å². The van der Waals surface area contributed by atoms with Crippen molar-refractivity contribution in [3.05, 3.63) is 46.5 Å². The topological polar surface area (TPSA) is 68.0 Å². The third kappa shape index (κ3) is 3.56. The standard InChI is InChI=1S/C13H15N3OS/c1-9-3-2-4-10(5-9)6-12(17)15-7-11-8-18-13(14)16-11/h2-5,8H,6-7H2,1H3,(H2,14,16)(H,15,17). The maximum Gasteiger partial charge on any atom is 0.224 e. The first kappa shape index (κ1) is 12.6. The molecule has 0 atom stereocenters. The number of hydrogen-bond acceptors (Lipinski definition) is 4. The predicted octanol–water partition coefficient (Wildman–Crippen LogP) is 1.89. The highest BCUT2D eigenvalue weighted by Crippen LogP contribution is 2.10. The lowest BCUT2D eigenvalue weighted by atomic mass is 10.1. The minimum atomic E-state index is -0.00725. The Labute approximate surface area is 110 Å². The highest BCUT2D eigenvalue weighted by atomic mass is 32.1. The molecular formula is C13H15N3OS. The van der Waals surface area contributed by atoms with Gasteiger partial charge in [-0.2, -0.15) is 0 Å². The average molecular weight is 261 g/mol. The fraction of sp³-hybridized carbons (Fsp3) is 0.231. The van der Waals surface area contributed by atoms with Crippen LogP contribution in [0.2, 0.25) is 0 Å². The van der Waals surface area contributed by atoms with Crippen molar-refractivity contribution >= 4 is 22.4 Å². The van der Waals surface area contributed by atoms with E-state index in [1.165, 1.54) is 11.3 Å². The number of nitrogens with zero attached hydrogens (tertiary/aromatic N) is 1. The lowest BCUT2D eigenvalue weighted by molar-refractivity contribution is -0.120. The van der Waals surface area contributed by atoms with Gasteiger partial charge in [0.05, 0.1) is 18.7 Å². The average Bonchev–Trinajstić information content (AvgIpc) is 2.73. The van der Waals surface area contributed by atoms with E-state index >= 15 is 0 Å². The molecule has 94 valence electrons. The molecule has 2 aromatic rings. The Bertz CT molecular complexity index is 551. The van der Waals surface area contributed by atoms with Crippen molar-refractivity contribution in [1.29, 1.82) is 0 Å². The van der Waals surface area contributed by atoms with E-state index in [2.05, 4.69) is 10.3 Å². The SMILES string of the molecule is Cc1cccc(CC(=O)NCc2csc(N)n2)c1. The summed E-state index contributed by atoms with van der Waals surface area (Å²) in [5.74, 6) is -0.00725. The summed E-state index contributed by atoms with van der Waals surface area (Å²) < 4.78 is 0. The van der Waals surface area contributed by atoms with Gasteiger partial charge in [0.25, 0.3) is 0 Å². The number of anilines is 1. The van der Waals surface area contributed by atoms with Crippen molar-refractivity contribution in [2.75, 3.05) is 5.73 Å². The van der Waals surface area contributed by atoms with Crippen molar-refractivity contribution in [3.8, 4) is 0 Å². The molecule has 5 heteroatoms. The summed E-state index contributed by atoms with van der Waals surface area (Å²) in [6.45, 7) is 2.44. The van der Waals surface area contributed by atoms with Crippen molar-refractivity contribution in [2.24, 2.45) is 0 Å². The molecule has 0 radical (unpaired) electrons. The van der Waals surface area contributed by atoms with Crippen LogP contribution in [0.3, 0.4) is 0 Å². The second-order valence-corrected chi connectivity index (χ2v) is 5.01. The molecule has 1 aromatic carbocycles. The van der Waals surface area contributed by atoms with E-state index in [0.29, 0.717) is 18.1 Å². The van der Waals surface area contributed by atoms with Crippen LogP contribution in [0.4, 0.5) is 5.13 Å². The Kier molecular flexibility index (Phi) is 3.94. The van der Waals surface area contributed by atoms with Crippen LogP contribution in [0, 0.1) is 6.92 Å². The van der Waals surface area contributed by atoms with Crippen LogP contribution in [0.25, 0.3) is 0 Å². The van der Waals surface area contributed by atoms with Crippen LogP contribution >= 0.6 is 11.3 Å². The number of nitrogen functional groups attached to an aromatic ring is 1. The van der Waals surface area contributed by atoms with E-state index in [4.69, 9.17) is 5.73 Å². The summed E-state index contributed by atoms with van der Waals surface area (Å²) in [7, 11) is 0. The molecule has 0 spiro atoms. The van der Waals surface area contributed by atoms with Gasteiger partial charge in [-0.15, -0.1) is 11.3 Å². The summed E-state index contributed by atoms with van der Waals surface area (Å²) >= 11 is 1.38. The number of amides is 1. The predicted molar refractivity (Wildman–Crippen MR) is 73.3 cm³/mol. The summed E-state index contributed by atoms with van der Waals surface area (Å²) in [6, 6.07) is 7.94. The Morgan fingerprint density at radius 3 is 3.00 bits per heavy atom. The molecule has 0 bridgehead atoms. The zero-order valence-corrected chi connectivity index (χ0v) is 11.0. The first-order valence-electron chi connectivity index (χ1n) is 5.65. The number of nitrogens with two attached hydrogens (primary N) is 1. The molecular weight excluding hydrogens is 246 g/mol. The molecule has 0 aliphatic heterocycles. The van der Waals surface area contributed by atoms with Gasteiger partial charge in [-0.05, 0) is 12.5 Å². The van der Waals surface area contributed by atoms with Gasteiger partial charge >= 0.3 is 0 Å². The fourth-order valence-corrected chi connectivity index (χ4v) is 2.23. The largest absolute Gasteiger partial charge is 0.375 e. The lowest BCUT2D eigenvalue weighted by Crippen LogP contribution is -2.24. The molecule has 3 N–H and O–H groups in total. The van der Waals surface area contributed by atoms with Crippen LogP contribution in [-0.4, -0.2) is 10.9 Å². The zero-order valence-electron chi connectivity index (χ0n) is 10.1. The molecule has 0 aliphatic carbocycles. The van der Waals surface area contributed by atoms with Crippen LogP contribution in [0.5, 0.6) is 0 Å². The van der Waals surface area contributed by atoms with Crippen LogP contribution < -0.4 is 11.1 Å². The maximum absolute atomic E-state index is 11.7. The quantitative estimate of drug-likeness (QED) is 0.883. The third-order valence-electron chi connectivity index (χ3n) is 2.48. The molecule has 18 heavy (non-hydrogen) atoms. The number of rotatable bonds is 4. The molecule has 1 heterocycles. The van der Waals surface area contributed by atoms with Gasteiger partial charge in [0.2, 0.25) is 5.91 Å². The number of hydrogen-bond donors (Lipinski definition) is 2. The van der Waals surface area contributed by atoms with Gasteiger partial charge in [-0.1, -0.05) is 29.8 Å². The Morgan fingerprint density at radius 1 is 1.50 bits per heavy atom. The summed E-state index contributed by atoms with van der Waals surface area (Å²) in [5.41, 5.74) is 8.50. The first-order chi connectivity index (χ1) is 8.63. The first-order valence-corrected chi connectivity index (χ1v) is 6.53. The third-order valence-corrected chi connectivity index (χ3v) is 3.21. The van der Waals surface area contributed by atoms with Gasteiger partial charge in [0.1, 0.15) is 0 Å². The zero-order chi connectivity index (χ0) is 13.0. The molecule has 0 aliphatic rings. The fourth-order valence-electron chi connectivity index (χ4n) is 1.66. The van der Waals surface area contributed by atoms with E-state index in [0.717, 1.165) is 16.8 Å². The van der Waals surface area contributed by atoms with E-state index in [1.807, 2.05) is 36.6 Å². The van der Waals surface area contributed by atoms with Gasteiger partial charge in [-0.25, -0.2) is 4.98 Å². The number of benzene rings is 1. The van der Waals surface area contributed by atoms with Crippen molar-refractivity contribution < 1.29 is 4.79 Å². The molecule has 1 aromatic heterocycles. The number of aromatic nitrogens is 1. The van der Waals surface area contributed by atoms with E-state index in [9.17, 15) is 4.79 Å². The van der Waals surface area contributed by atoms with Crippen molar-refractivity contribution in [1.82, 2.24) is 10.3 Å². The maximum atomic E-state index is 11.7. The van der Waals surface area contributed by atoms with Gasteiger partial charge < -0.3 is 11.1 Å².